The highest BCUT2D eigenvalue weighted by atomic mass is 16.3. The number of piperidine rings is 1. The number of hydrogen-bond acceptors (Lipinski definition) is 9. The molecule has 2 fully saturated rings. The number of piperazine rings is 1. The van der Waals surface area contributed by atoms with Crippen molar-refractivity contribution >= 4 is 17.7 Å². The van der Waals surface area contributed by atoms with Crippen molar-refractivity contribution in [2.45, 2.75) is 18.9 Å². The zero-order chi connectivity index (χ0) is 18.4. The lowest BCUT2D eigenvalue weighted by Gasteiger charge is -2.46. The molecule has 0 aromatic carbocycles. The quantitative estimate of drug-likeness (QED) is 0.666. The van der Waals surface area contributed by atoms with Crippen molar-refractivity contribution in [3.8, 4) is 11.6 Å². The van der Waals surface area contributed by atoms with Crippen molar-refractivity contribution in [2.75, 3.05) is 43.4 Å². The fourth-order valence-electron chi connectivity index (χ4n) is 4.08. The fourth-order valence-corrected chi connectivity index (χ4v) is 4.08. The van der Waals surface area contributed by atoms with Gasteiger partial charge in [0.25, 0.3) is 5.78 Å². The van der Waals surface area contributed by atoms with Gasteiger partial charge in [0, 0.05) is 32.2 Å². The van der Waals surface area contributed by atoms with Crippen LogP contribution in [0.25, 0.3) is 17.4 Å². The summed E-state index contributed by atoms with van der Waals surface area (Å²) in [5.41, 5.74) is 12.0. The molecule has 2 aliphatic rings. The summed E-state index contributed by atoms with van der Waals surface area (Å²) < 4.78 is 6.81. The minimum absolute atomic E-state index is 0.273. The van der Waals surface area contributed by atoms with Crippen LogP contribution in [0.15, 0.2) is 22.8 Å². The Kier molecular flexibility index (Phi) is 3.94. The first-order valence-corrected chi connectivity index (χ1v) is 9.34. The summed E-state index contributed by atoms with van der Waals surface area (Å²) in [6.45, 7) is 4.61. The zero-order valence-corrected chi connectivity index (χ0v) is 15.0. The van der Waals surface area contributed by atoms with E-state index >= 15 is 0 Å². The molecule has 2 atom stereocenters. The van der Waals surface area contributed by atoms with Crippen LogP contribution >= 0.6 is 0 Å². The highest BCUT2D eigenvalue weighted by Crippen LogP contribution is 2.26. The first-order valence-electron chi connectivity index (χ1n) is 9.34. The van der Waals surface area contributed by atoms with E-state index in [1.165, 1.54) is 10.9 Å². The second-order valence-electron chi connectivity index (χ2n) is 7.28. The maximum atomic E-state index is 6.13. The van der Waals surface area contributed by atoms with Crippen LogP contribution in [0.4, 0.5) is 11.9 Å². The van der Waals surface area contributed by atoms with Crippen molar-refractivity contribution in [2.24, 2.45) is 11.7 Å². The Morgan fingerprint density at radius 3 is 2.89 bits per heavy atom. The molecule has 5 heterocycles. The topological polar surface area (TPSA) is 128 Å². The Morgan fingerprint density at radius 1 is 1.15 bits per heavy atom. The summed E-state index contributed by atoms with van der Waals surface area (Å²) >= 11 is 0. The lowest BCUT2D eigenvalue weighted by atomic mass is 9.91. The molecule has 0 bridgehead atoms. The molecule has 3 aromatic heterocycles. The smallest absolute Gasteiger partial charge is 0.259 e. The Balaban J connectivity index is 1.40. The second-order valence-corrected chi connectivity index (χ2v) is 7.28. The summed E-state index contributed by atoms with van der Waals surface area (Å²) in [7, 11) is 0. The Labute approximate surface area is 156 Å². The van der Waals surface area contributed by atoms with Crippen molar-refractivity contribution in [1.29, 1.82) is 0 Å². The SMILES string of the molecule is NC[C@H]1CC[C@H]2CN(c3nc(N)n4nc(-c5ccco5)nc4n3)CCN2C1. The predicted octanol–water partition coefficient (Wildman–Crippen LogP) is 0.221. The summed E-state index contributed by atoms with van der Waals surface area (Å²) in [4.78, 5) is 18.3. The standard InChI is InChI=1S/C17H23N9O/c18-8-11-3-4-12-10-25(6-5-24(12)9-11)16-21-15(19)26-17(22-16)20-14(23-26)13-2-1-7-27-13/h1-2,7,11-12H,3-6,8-10,18H2,(H2,19,20,21,22,23)/t11-,12+/m1/s1. The Bertz CT molecular complexity index is 937. The molecule has 0 amide bonds. The van der Waals surface area contributed by atoms with Gasteiger partial charge >= 0.3 is 0 Å². The molecule has 0 unspecified atom stereocenters. The molecule has 0 radical (unpaired) electrons. The van der Waals surface area contributed by atoms with Gasteiger partial charge in [0.2, 0.25) is 17.7 Å². The van der Waals surface area contributed by atoms with Gasteiger partial charge in [-0.15, -0.1) is 5.10 Å². The molecule has 27 heavy (non-hydrogen) atoms. The van der Waals surface area contributed by atoms with Crippen LogP contribution in [0.2, 0.25) is 0 Å². The molecular formula is C17H23N9O. The van der Waals surface area contributed by atoms with E-state index in [0.29, 0.717) is 35.3 Å². The molecule has 10 heteroatoms. The van der Waals surface area contributed by atoms with Gasteiger partial charge in [0.05, 0.1) is 6.26 Å². The van der Waals surface area contributed by atoms with Crippen LogP contribution in [0.3, 0.4) is 0 Å². The van der Waals surface area contributed by atoms with Crippen LogP contribution in [0, 0.1) is 5.92 Å². The molecule has 0 saturated carbocycles. The minimum atomic E-state index is 0.273. The van der Waals surface area contributed by atoms with Crippen molar-refractivity contribution in [1.82, 2.24) is 29.5 Å². The maximum absolute atomic E-state index is 6.13. The number of hydrogen-bond donors (Lipinski definition) is 2. The summed E-state index contributed by atoms with van der Waals surface area (Å²) in [5, 5.41) is 4.35. The lowest BCUT2D eigenvalue weighted by molar-refractivity contribution is 0.0979. The molecule has 0 spiro atoms. The van der Waals surface area contributed by atoms with E-state index in [4.69, 9.17) is 15.9 Å². The van der Waals surface area contributed by atoms with Crippen LogP contribution in [-0.4, -0.2) is 68.2 Å². The maximum Gasteiger partial charge on any atom is 0.259 e. The first-order chi connectivity index (χ1) is 13.2. The summed E-state index contributed by atoms with van der Waals surface area (Å²) in [6.07, 6.45) is 3.92. The van der Waals surface area contributed by atoms with Crippen molar-refractivity contribution < 1.29 is 4.42 Å². The Morgan fingerprint density at radius 2 is 2.07 bits per heavy atom. The lowest BCUT2D eigenvalue weighted by Crippen LogP contribution is -2.57. The van der Waals surface area contributed by atoms with Gasteiger partial charge in [-0.05, 0) is 37.4 Å². The molecule has 4 N–H and O–H groups in total. The molecule has 10 nitrogen and oxygen atoms in total. The van der Waals surface area contributed by atoms with E-state index in [0.717, 1.165) is 39.1 Å². The third-order valence-electron chi connectivity index (χ3n) is 5.58. The van der Waals surface area contributed by atoms with Crippen LogP contribution < -0.4 is 16.4 Å². The monoisotopic (exact) mass is 369 g/mol. The fraction of sp³-hybridized carbons (Fsp3) is 0.529. The number of fused-ring (bicyclic) bond motifs is 2. The number of nitrogens with zero attached hydrogens (tertiary/aromatic N) is 7. The van der Waals surface area contributed by atoms with E-state index < -0.39 is 0 Å². The van der Waals surface area contributed by atoms with Gasteiger partial charge in [-0.1, -0.05) is 0 Å². The number of aromatic nitrogens is 5. The first kappa shape index (κ1) is 16.5. The molecule has 3 aromatic rings. The van der Waals surface area contributed by atoms with E-state index in [9.17, 15) is 0 Å². The molecule has 142 valence electrons. The van der Waals surface area contributed by atoms with Crippen LogP contribution in [0.5, 0.6) is 0 Å². The van der Waals surface area contributed by atoms with Gasteiger partial charge in [-0.3, -0.25) is 4.90 Å². The minimum Gasteiger partial charge on any atom is -0.461 e. The highest BCUT2D eigenvalue weighted by Gasteiger charge is 2.33. The van der Waals surface area contributed by atoms with Gasteiger partial charge in [-0.2, -0.15) is 19.5 Å². The highest BCUT2D eigenvalue weighted by molar-refractivity contribution is 5.53. The predicted molar refractivity (Wildman–Crippen MR) is 100 cm³/mol. The number of nitrogens with two attached hydrogens (primary N) is 2. The molecule has 2 saturated heterocycles. The van der Waals surface area contributed by atoms with E-state index in [2.05, 4.69) is 29.9 Å². The third-order valence-corrected chi connectivity index (χ3v) is 5.58. The number of rotatable bonds is 3. The van der Waals surface area contributed by atoms with Gasteiger partial charge < -0.3 is 20.8 Å². The van der Waals surface area contributed by atoms with E-state index in [-0.39, 0.29) is 5.95 Å². The number of nitrogen functional groups attached to an aromatic ring is 1. The van der Waals surface area contributed by atoms with E-state index in [1.54, 1.807) is 18.4 Å². The molecule has 2 aliphatic heterocycles. The summed E-state index contributed by atoms with van der Waals surface area (Å²) in [5.74, 6) is 2.95. The van der Waals surface area contributed by atoms with Gasteiger partial charge in [-0.25, -0.2) is 0 Å². The van der Waals surface area contributed by atoms with Crippen LogP contribution in [0.1, 0.15) is 12.8 Å². The van der Waals surface area contributed by atoms with Gasteiger partial charge in [0.1, 0.15) is 0 Å². The zero-order valence-electron chi connectivity index (χ0n) is 15.0. The van der Waals surface area contributed by atoms with Crippen molar-refractivity contribution in [3.63, 3.8) is 0 Å². The number of furan rings is 1. The molecule has 5 rings (SSSR count). The van der Waals surface area contributed by atoms with Crippen molar-refractivity contribution in [3.05, 3.63) is 18.4 Å². The normalized spacial score (nSPS) is 23.7. The van der Waals surface area contributed by atoms with E-state index in [1.807, 2.05) is 0 Å². The molecular weight excluding hydrogens is 346 g/mol. The Hall–Kier alpha value is -2.72. The number of anilines is 2. The average Bonchev–Trinajstić information content (AvgIpc) is 3.36. The largest absolute Gasteiger partial charge is 0.461 e. The summed E-state index contributed by atoms with van der Waals surface area (Å²) in [6, 6.07) is 4.11. The molecule has 0 aliphatic carbocycles. The average molecular weight is 369 g/mol. The third kappa shape index (κ3) is 2.90. The van der Waals surface area contributed by atoms with Gasteiger partial charge in [0.15, 0.2) is 5.76 Å². The van der Waals surface area contributed by atoms with Crippen LogP contribution in [-0.2, 0) is 0 Å². The second kappa shape index (κ2) is 6.46.